The third-order valence-corrected chi connectivity index (χ3v) is 3.10. The highest BCUT2D eigenvalue weighted by atomic mass is 14.9. The molecule has 3 N–H and O–H groups in total. The van der Waals surface area contributed by atoms with Crippen molar-refractivity contribution < 1.29 is 0 Å². The molecule has 3 heteroatoms. The second-order valence-corrected chi connectivity index (χ2v) is 4.41. The van der Waals surface area contributed by atoms with E-state index in [1.54, 1.807) is 0 Å². The van der Waals surface area contributed by atoms with E-state index in [0.717, 1.165) is 24.6 Å². The van der Waals surface area contributed by atoms with Crippen LogP contribution in [-0.2, 0) is 0 Å². The van der Waals surface area contributed by atoms with Gasteiger partial charge in [0, 0.05) is 30.7 Å². The molecule has 1 fully saturated rings. The zero-order valence-electron chi connectivity index (χ0n) is 9.02. The molecule has 1 heterocycles. The molecule has 1 aliphatic rings. The number of hydrogen-bond donors (Lipinski definition) is 2. The van der Waals surface area contributed by atoms with Crippen LogP contribution in [0.15, 0.2) is 24.5 Å². The third kappa shape index (κ3) is 3.20. The van der Waals surface area contributed by atoms with Crippen LogP contribution in [0, 0.1) is 5.92 Å². The van der Waals surface area contributed by atoms with Crippen molar-refractivity contribution in [3.8, 4) is 0 Å². The SMILES string of the molecule is NC1CCCC(CNc2ccncc2)C1. The quantitative estimate of drug-likeness (QED) is 0.793. The molecule has 2 rings (SSSR count). The Kier molecular flexibility index (Phi) is 3.56. The Bertz CT molecular complexity index is 286. The molecule has 0 aromatic carbocycles. The second kappa shape index (κ2) is 5.12. The van der Waals surface area contributed by atoms with Gasteiger partial charge in [-0.2, -0.15) is 0 Å². The lowest BCUT2D eigenvalue weighted by Crippen LogP contribution is -2.30. The molecule has 15 heavy (non-hydrogen) atoms. The minimum Gasteiger partial charge on any atom is -0.385 e. The largest absolute Gasteiger partial charge is 0.385 e. The van der Waals surface area contributed by atoms with Crippen molar-refractivity contribution >= 4 is 5.69 Å². The Morgan fingerprint density at radius 2 is 2.13 bits per heavy atom. The minimum atomic E-state index is 0.419. The summed E-state index contributed by atoms with van der Waals surface area (Å²) in [6.07, 6.45) is 8.59. The van der Waals surface area contributed by atoms with Gasteiger partial charge in [0.05, 0.1) is 0 Å². The summed E-state index contributed by atoms with van der Waals surface area (Å²) in [7, 11) is 0. The molecule has 1 aromatic rings. The van der Waals surface area contributed by atoms with E-state index in [4.69, 9.17) is 5.73 Å². The number of nitrogens with two attached hydrogens (primary N) is 1. The van der Waals surface area contributed by atoms with Gasteiger partial charge in [-0.05, 0) is 37.3 Å². The second-order valence-electron chi connectivity index (χ2n) is 4.41. The van der Waals surface area contributed by atoms with Crippen molar-refractivity contribution in [2.24, 2.45) is 11.7 Å². The summed E-state index contributed by atoms with van der Waals surface area (Å²) >= 11 is 0. The average molecular weight is 205 g/mol. The monoisotopic (exact) mass is 205 g/mol. The predicted octanol–water partition coefficient (Wildman–Crippen LogP) is 2.01. The molecule has 3 nitrogen and oxygen atoms in total. The Morgan fingerprint density at radius 3 is 2.87 bits per heavy atom. The maximum Gasteiger partial charge on any atom is 0.0371 e. The smallest absolute Gasteiger partial charge is 0.0371 e. The molecule has 0 radical (unpaired) electrons. The zero-order valence-corrected chi connectivity index (χ0v) is 9.02. The van der Waals surface area contributed by atoms with Gasteiger partial charge >= 0.3 is 0 Å². The van der Waals surface area contributed by atoms with E-state index in [1.807, 2.05) is 24.5 Å². The van der Waals surface area contributed by atoms with E-state index < -0.39 is 0 Å². The van der Waals surface area contributed by atoms with Gasteiger partial charge in [-0.25, -0.2) is 0 Å². The Balaban J connectivity index is 1.78. The van der Waals surface area contributed by atoms with Gasteiger partial charge in [0.25, 0.3) is 0 Å². The van der Waals surface area contributed by atoms with Crippen molar-refractivity contribution in [1.29, 1.82) is 0 Å². The molecule has 0 amide bonds. The van der Waals surface area contributed by atoms with E-state index in [1.165, 1.54) is 19.3 Å². The van der Waals surface area contributed by atoms with Crippen molar-refractivity contribution in [2.45, 2.75) is 31.7 Å². The molecule has 1 aromatic heterocycles. The molecule has 0 aliphatic heterocycles. The first kappa shape index (κ1) is 10.4. The van der Waals surface area contributed by atoms with Crippen molar-refractivity contribution in [2.75, 3.05) is 11.9 Å². The molecule has 0 bridgehead atoms. The molecule has 0 saturated heterocycles. The number of nitrogens with zero attached hydrogens (tertiary/aromatic N) is 1. The lowest BCUT2D eigenvalue weighted by Gasteiger charge is -2.26. The standard InChI is InChI=1S/C12H19N3/c13-11-3-1-2-10(8-11)9-15-12-4-6-14-7-5-12/h4-7,10-11H,1-3,8-9,13H2,(H,14,15). The van der Waals surface area contributed by atoms with Crippen LogP contribution in [0.1, 0.15) is 25.7 Å². The predicted molar refractivity (Wildman–Crippen MR) is 62.7 cm³/mol. The first-order chi connectivity index (χ1) is 7.34. The van der Waals surface area contributed by atoms with Crippen LogP contribution >= 0.6 is 0 Å². The molecule has 82 valence electrons. The van der Waals surface area contributed by atoms with Gasteiger partial charge < -0.3 is 11.1 Å². The molecular formula is C12H19N3. The number of rotatable bonds is 3. The summed E-state index contributed by atoms with van der Waals surface area (Å²) in [6.45, 7) is 1.04. The summed E-state index contributed by atoms with van der Waals surface area (Å²) in [5, 5.41) is 3.44. The van der Waals surface area contributed by atoms with Crippen LogP contribution in [-0.4, -0.2) is 17.6 Å². The van der Waals surface area contributed by atoms with Crippen LogP contribution in [0.4, 0.5) is 5.69 Å². The highest BCUT2D eigenvalue weighted by Gasteiger charge is 2.18. The molecule has 1 saturated carbocycles. The van der Waals surface area contributed by atoms with E-state index in [-0.39, 0.29) is 0 Å². The van der Waals surface area contributed by atoms with Gasteiger partial charge in [0.15, 0.2) is 0 Å². The Morgan fingerprint density at radius 1 is 1.33 bits per heavy atom. The van der Waals surface area contributed by atoms with Gasteiger partial charge in [0.2, 0.25) is 0 Å². The fraction of sp³-hybridized carbons (Fsp3) is 0.583. The summed E-state index contributed by atoms with van der Waals surface area (Å²) in [4.78, 5) is 3.99. The Labute approximate surface area is 91.1 Å². The first-order valence-electron chi connectivity index (χ1n) is 5.74. The number of aromatic nitrogens is 1. The minimum absolute atomic E-state index is 0.419. The fourth-order valence-electron chi connectivity index (χ4n) is 2.25. The van der Waals surface area contributed by atoms with Crippen molar-refractivity contribution in [3.05, 3.63) is 24.5 Å². The van der Waals surface area contributed by atoms with Gasteiger partial charge in [-0.1, -0.05) is 6.42 Å². The van der Waals surface area contributed by atoms with Crippen LogP contribution in [0.5, 0.6) is 0 Å². The van der Waals surface area contributed by atoms with Gasteiger partial charge in [-0.15, -0.1) is 0 Å². The average Bonchev–Trinajstić information content (AvgIpc) is 2.28. The molecular weight excluding hydrogens is 186 g/mol. The van der Waals surface area contributed by atoms with Crippen LogP contribution in [0.3, 0.4) is 0 Å². The summed E-state index contributed by atoms with van der Waals surface area (Å²) < 4.78 is 0. The number of hydrogen-bond acceptors (Lipinski definition) is 3. The fourth-order valence-corrected chi connectivity index (χ4v) is 2.25. The first-order valence-corrected chi connectivity index (χ1v) is 5.74. The molecule has 0 spiro atoms. The highest BCUT2D eigenvalue weighted by molar-refractivity contribution is 5.40. The van der Waals surface area contributed by atoms with Crippen LogP contribution < -0.4 is 11.1 Å². The molecule has 2 atom stereocenters. The maximum atomic E-state index is 5.96. The van der Waals surface area contributed by atoms with E-state index in [2.05, 4.69) is 10.3 Å². The van der Waals surface area contributed by atoms with Gasteiger partial charge in [-0.3, -0.25) is 4.98 Å². The van der Waals surface area contributed by atoms with Crippen molar-refractivity contribution in [3.63, 3.8) is 0 Å². The zero-order chi connectivity index (χ0) is 10.5. The lowest BCUT2D eigenvalue weighted by molar-refractivity contribution is 0.335. The summed E-state index contributed by atoms with van der Waals surface area (Å²) in [5.41, 5.74) is 7.11. The molecule has 1 aliphatic carbocycles. The number of pyridine rings is 1. The number of anilines is 1. The van der Waals surface area contributed by atoms with E-state index >= 15 is 0 Å². The summed E-state index contributed by atoms with van der Waals surface area (Å²) in [5.74, 6) is 0.738. The van der Waals surface area contributed by atoms with E-state index in [9.17, 15) is 0 Å². The molecule has 2 unspecified atom stereocenters. The van der Waals surface area contributed by atoms with Gasteiger partial charge in [0.1, 0.15) is 0 Å². The van der Waals surface area contributed by atoms with Crippen LogP contribution in [0.25, 0.3) is 0 Å². The maximum absolute atomic E-state index is 5.96. The number of nitrogens with one attached hydrogen (secondary N) is 1. The normalized spacial score (nSPS) is 26.2. The Hall–Kier alpha value is -1.09. The highest BCUT2D eigenvalue weighted by Crippen LogP contribution is 2.23. The van der Waals surface area contributed by atoms with Crippen molar-refractivity contribution in [1.82, 2.24) is 4.98 Å². The topological polar surface area (TPSA) is 50.9 Å². The van der Waals surface area contributed by atoms with Crippen LogP contribution in [0.2, 0.25) is 0 Å². The lowest BCUT2D eigenvalue weighted by atomic mass is 9.86. The summed E-state index contributed by atoms with van der Waals surface area (Å²) in [6, 6.07) is 4.42. The van der Waals surface area contributed by atoms with E-state index in [0.29, 0.717) is 6.04 Å². The third-order valence-electron chi connectivity index (χ3n) is 3.10.